The number of hydrogen-bond acceptors (Lipinski definition) is 4. The van der Waals surface area contributed by atoms with E-state index >= 15 is 0 Å². The lowest BCUT2D eigenvalue weighted by atomic mass is 10.4. The summed E-state index contributed by atoms with van der Waals surface area (Å²) in [6, 6.07) is 0. The second-order valence-corrected chi connectivity index (χ2v) is 5.33. The maximum atomic E-state index is 10.9. The first-order valence-corrected chi connectivity index (χ1v) is 6.29. The van der Waals surface area contributed by atoms with Crippen LogP contribution in [0.2, 0.25) is 0 Å². The van der Waals surface area contributed by atoms with Crippen molar-refractivity contribution in [3.63, 3.8) is 0 Å². The zero-order valence-corrected chi connectivity index (χ0v) is 11.0. The number of rotatable bonds is 5. The van der Waals surface area contributed by atoms with Crippen LogP contribution in [0.4, 0.5) is 5.69 Å². The summed E-state index contributed by atoms with van der Waals surface area (Å²) < 4.78 is 1.56. The Kier molecular flexibility index (Phi) is 4.61. The normalized spacial score (nSPS) is 12.8. The van der Waals surface area contributed by atoms with Gasteiger partial charge in [-0.25, -0.2) is 0 Å². The average molecular weight is 264 g/mol. The van der Waals surface area contributed by atoms with Gasteiger partial charge in [0.25, 0.3) is 0 Å². The second kappa shape index (κ2) is 5.54. The van der Waals surface area contributed by atoms with Crippen LogP contribution in [0.15, 0.2) is 5.03 Å². The van der Waals surface area contributed by atoms with Gasteiger partial charge in [-0.3, -0.25) is 14.8 Å². The molecule has 0 spiro atoms. The number of aryl methyl sites for hydroxylation is 2. The molecular weight excluding hydrogens is 250 g/mol. The molecule has 0 saturated heterocycles. The highest BCUT2D eigenvalue weighted by Gasteiger charge is 2.25. The van der Waals surface area contributed by atoms with Crippen LogP contribution in [0, 0.1) is 17.0 Å². The average Bonchev–Trinajstić information content (AvgIpc) is 2.41. The summed E-state index contributed by atoms with van der Waals surface area (Å²) in [5.41, 5.74) is 0.557. The van der Waals surface area contributed by atoms with Crippen LogP contribution in [0.25, 0.3) is 0 Å². The molecule has 0 aliphatic carbocycles. The first-order valence-electron chi connectivity index (χ1n) is 4.88. The van der Waals surface area contributed by atoms with E-state index < -0.39 is 0 Å². The van der Waals surface area contributed by atoms with Gasteiger partial charge in [0, 0.05) is 18.2 Å². The van der Waals surface area contributed by atoms with Gasteiger partial charge in [-0.05, 0) is 13.3 Å². The van der Waals surface area contributed by atoms with Crippen LogP contribution in [-0.4, -0.2) is 25.8 Å². The molecule has 0 aliphatic heterocycles. The minimum absolute atomic E-state index is 0.105. The van der Waals surface area contributed by atoms with Gasteiger partial charge in [0.1, 0.15) is 5.69 Å². The van der Waals surface area contributed by atoms with Crippen LogP contribution < -0.4 is 0 Å². The van der Waals surface area contributed by atoms with Gasteiger partial charge in [0.2, 0.25) is 0 Å². The SMILES string of the molecule is Cc1nn(C)c(SC(C)CCCl)c1[N+](=O)[O-]. The Bertz CT molecular complexity index is 394. The van der Waals surface area contributed by atoms with E-state index in [2.05, 4.69) is 5.10 Å². The number of thioether (sulfide) groups is 1. The molecule has 0 bridgehead atoms. The number of aromatic nitrogens is 2. The highest BCUT2D eigenvalue weighted by molar-refractivity contribution is 8.00. The van der Waals surface area contributed by atoms with Gasteiger partial charge in [0.15, 0.2) is 5.03 Å². The summed E-state index contributed by atoms with van der Waals surface area (Å²) in [4.78, 5) is 10.5. The van der Waals surface area contributed by atoms with Crippen molar-refractivity contribution in [1.82, 2.24) is 9.78 Å². The third-order valence-corrected chi connectivity index (χ3v) is 3.69. The molecule has 90 valence electrons. The number of nitrogens with zero attached hydrogens (tertiary/aromatic N) is 3. The summed E-state index contributed by atoms with van der Waals surface area (Å²) in [5.74, 6) is 0.554. The van der Waals surface area contributed by atoms with Crippen LogP contribution in [-0.2, 0) is 7.05 Å². The fourth-order valence-corrected chi connectivity index (χ4v) is 2.97. The van der Waals surface area contributed by atoms with Crippen LogP contribution in [0.3, 0.4) is 0 Å². The van der Waals surface area contributed by atoms with Crippen molar-refractivity contribution < 1.29 is 4.92 Å². The van der Waals surface area contributed by atoms with Gasteiger partial charge >= 0.3 is 5.69 Å². The predicted octanol–water partition coefficient (Wildman–Crippen LogP) is 2.75. The molecule has 7 heteroatoms. The third-order valence-electron chi connectivity index (χ3n) is 2.15. The molecule has 1 aromatic heterocycles. The molecule has 0 aromatic carbocycles. The molecular formula is C9H14ClN3O2S. The first kappa shape index (κ1) is 13.3. The minimum Gasteiger partial charge on any atom is -0.258 e. The molecule has 16 heavy (non-hydrogen) atoms. The monoisotopic (exact) mass is 263 g/mol. The van der Waals surface area contributed by atoms with E-state index in [1.54, 1.807) is 18.7 Å². The first-order chi connectivity index (χ1) is 7.47. The Labute approximate surface area is 103 Å². The van der Waals surface area contributed by atoms with E-state index in [0.29, 0.717) is 16.6 Å². The zero-order chi connectivity index (χ0) is 12.3. The van der Waals surface area contributed by atoms with Crippen molar-refractivity contribution >= 4 is 29.1 Å². The van der Waals surface area contributed by atoms with Crippen LogP contribution in [0.1, 0.15) is 19.0 Å². The molecule has 0 aliphatic rings. The van der Waals surface area contributed by atoms with E-state index in [4.69, 9.17) is 11.6 Å². The highest BCUT2D eigenvalue weighted by atomic mass is 35.5. The van der Waals surface area contributed by atoms with Crippen molar-refractivity contribution in [2.75, 3.05) is 5.88 Å². The summed E-state index contributed by atoms with van der Waals surface area (Å²) in [6.45, 7) is 3.65. The molecule has 0 fully saturated rings. The minimum atomic E-state index is -0.377. The Morgan fingerprint density at radius 3 is 2.81 bits per heavy atom. The van der Waals surface area contributed by atoms with Gasteiger partial charge in [-0.2, -0.15) is 5.10 Å². The van der Waals surface area contributed by atoms with Gasteiger partial charge in [0.05, 0.1) is 4.92 Å². The zero-order valence-electron chi connectivity index (χ0n) is 9.44. The van der Waals surface area contributed by atoms with Crippen LogP contribution in [0.5, 0.6) is 0 Å². The van der Waals surface area contributed by atoms with Crippen LogP contribution >= 0.6 is 23.4 Å². The number of alkyl halides is 1. The van der Waals surface area contributed by atoms with Gasteiger partial charge in [-0.1, -0.05) is 18.7 Å². The number of halogens is 1. The van der Waals surface area contributed by atoms with E-state index in [1.807, 2.05) is 6.92 Å². The molecule has 5 nitrogen and oxygen atoms in total. The lowest BCUT2D eigenvalue weighted by Crippen LogP contribution is -2.01. The number of nitro groups is 1. The maximum absolute atomic E-state index is 10.9. The Hall–Kier alpha value is -0.750. The Morgan fingerprint density at radius 1 is 1.69 bits per heavy atom. The highest BCUT2D eigenvalue weighted by Crippen LogP contribution is 2.34. The lowest BCUT2D eigenvalue weighted by Gasteiger charge is -2.08. The molecule has 0 amide bonds. The molecule has 0 radical (unpaired) electrons. The van der Waals surface area contributed by atoms with Gasteiger partial charge in [-0.15, -0.1) is 11.6 Å². The smallest absolute Gasteiger partial charge is 0.258 e. The summed E-state index contributed by atoms with van der Waals surface area (Å²) >= 11 is 7.09. The Balaban J connectivity index is 2.98. The summed E-state index contributed by atoms with van der Waals surface area (Å²) in [5, 5.41) is 15.8. The second-order valence-electron chi connectivity index (χ2n) is 3.53. The van der Waals surface area contributed by atoms with Crippen molar-refractivity contribution in [2.24, 2.45) is 7.05 Å². The van der Waals surface area contributed by atoms with Gasteiger partial charge < -0.3 is 0 Å². The third kappa shape index (κ3) is 2.89. The largest absolute Gasteiger partial charge is 0.323 e. The molecule has 1 unspecified atom stereocenters. The fourth-order valence-electron chi connectivity index (χ4n) is 1.37. The van der Waals surface area contributed by atoms with Crippen molar-refractivity contribution in [1.29, 1.82) is 0 Å². The van der Waals surface area contributed by atoms with Crippen molar-refractivity contribution in [3.8, 4) is 0 Å². The molecule has 1 rings (SSSR count). The number of hydrogen-bond donors (Lipinski definition) is 0. The molecule has 1 heterocycles. The molecule has 1 atom stereocenters. The van der Waals surface area contributed by atoms with Crippen molar-refractivity contribution in [2.45, 2.75) is 30.5 Å². The summed E-state index contributed by atoms with van der Waals surface area (Å²) in [7, 11) is 1.72. The topological polar surface area (TPSA) is 61.0 Å². The maximum Gasteiger partial charge on any atom is 0.323 e. The van der Waals surface area contributed by atoms with E-state index in [9.17, 15) is 10.1 Å². The Morgan fingerprint density at radius 2 is 2.31 bits per heavy atom. The van der Waals surface area contributed by atoms with Crippen molar-refractivity contribution in [3.05, 3.63) is 15.8 Å². The summed E-state index contributed by atoms with van der Waals surface area (Å²) in [6.07, 6.45) is 0.813. The standard InChI is InChI=1S/C9H14ClN3O2S/c1-6(4-5-10)16-9-8(13(14)15)7(2)11-12(9)3/h6H,4-5H2,1-3H3. The molecule has 0 N–H and O–H groups in total. The lowest BCUT2D eigenvalue weighted by molar-refractivity contribution is -0.388. The van der Waals surface area contributed by atoms with E-state index in [-0.39, 0.29) is 15.9 Å². The van der Waals surface area contributed by atoms with E-state index in [1.165, 1.54) is 11.8 Å². The fraction of sp³-hybridized carbons (Fsp3) is 0.667. The molecule has 1 aromatic rings. The molecule has 0 saturated carbocycles. The quantitative estimate of drug-likeness (QED) is 0.355. The predicted molar refractivity (Wildman–Crippen MR) is 65.3 cm³/mol. The van der Waals surface area contributed by atoms with E-state index in [0.717, 1.165) is 6.42 Å².